The number of hydrogen-bond acceptors (Lipinski definition) is 5. The Morgan fingerprint density at radius 1 is 0.900 bits per heavy atom. The van der Waals surface area contributed by atoms with Gasteiger partial charge in [-0.05, 0) is 135 Å². The van der Waals surface area contributed by atoms with Crippen molar-refractivity contribution < 1.29 is 29.0 Å². The van der Waals surface area contributed by atoms with Gasteiger partial charge in [0.25, 0.3) is 5.91 Å². The first kappa shape index (κ1) is 36.8. The van der Waals surface area contributed by atoms with Crippen LogP contribution in [0.15, 0.2) is 35.4 Å². The Kier molecular flexibility index (Phi) is 8.87. The van der Waals surface area contributed by atoms with E-state index in [1.165, 1.54) is 5.57 Å². The number of aryl methyl sites for hydroxylation is 1. The summed E-state index contributed by atoms with van der Waals surface area (Å²) < 4.78 is 6.15. The highest BCUT2D eigenvalue weighted by molar-refractivity contribution is 6.03. The van der Waals surface area contributed by atoms with Crippen LogP contribution in [0.1, 0.15) is 142 Å². The van der Waals surface area contributed by atoms with Crippen molar-refractivity contribution in [2.45, 2.75) is 145 Å². The lowest BCUT2D eigenvalue weighted by Gasteiger charge is -2.72. The van der Waals surface area contributed by atoms with E-state index in [-0.39, 0.29) is 57.7 Å². The van der Waals surface area contributed by atoms with Gasteiger partial charge in [-0.15, -0.1) is 0 Å². The number of hydrogen-bond donors (Lipinski definition) is 2. The highest BCUT2D eigenvalue weighted by Gasteiger charge is 2.70. The Labute approximate surface area is 299 Å². The molecule has 8 atom stereocenters. The highest BCUT2D eigenvalue weighted by Crippen LogP contribution is 2.76. The maximum absolute atomic E-state index is 13.9. The standard InChI is InChI=1S/C43H61NO6/c1-25(2)34-29(45)23-43(44-36(47)27-13-11-26(3)12-14-27)22-21-41(9)28(35(34)43)15-16-31-40(8)19-18-32(50-33(46)24-38(4,5)37(48)49)39(6,7)30(40)17-20-42(31,41)10/h11-14,25,28,30-32H,15-24H2,1-10H3,(H,44,47)(H,48,49)/t28-,30+,31-,32+,40+,41-,42-,43-/m1/s1. The second-order valence-corrected chi connectivity index (χ2v) is 19.3. The van der Waals surface area contributed by atoms with Crippen molar-refractivity contribution in [1.82, 2.24) is 5.32 Å². The third kappa shape index (κ3) is 5.41. The Hall–Kier alpha value is -2.96. The number of rotatable bonds is 7. The van der Waals surface area contributed by atoms with Crippen molar-refractivity contribution in [3.63, 3.8) is 0 Å². The van der Waals surface area contributed by atoms with Crippen LogP contribution in [-0.2, 0) is 19.1 Å². The zero-order valence-electron chi connectivity index (χ0n) is 32.3. The summed E-state index contributed by atoms with van der Waals surface area (Å²) in [7, 11) is 0. The van der Waals surface area contributed by atoms with Crippen LogP contribution in [0.5, 0.6) is 0 Å². The molecule has 274 valence electrons. The fourth-order valence-corrected chi connectivity index (χ4v) is 12.6. The second-order valence-electron chi connectivity index (χ2n) is 19.3. The van der Waals surface area contributed by atoms with Gasteiger partial charge in [0.2, 0.25) is 0 Å². The van der Waals surface area contributed by atoms with E-state index in [1.54, 1.807) is 13.8 Å². The Morgan fingerprint density at radius 3 is 2.18 bits per heavy atom. The van der Waals surface area contributed by atoms with Crippen LogP contribution in [-0.4, -0.2) is 40.4 Å². The van der Waals surface area contributed by atoms with Crippen molar-refractivity contribution in [3.8, 4) is 0 Å². The number of carboxylic acid groups (broad SMARTS) is 1. The number of aliphatic carboxylic acids is 1. The fraction of sp³-hybridized carbons (Fsp3) is 0.721. The maximum atomic E-state index is 13.9. The molecule has 5 aliphatic carbocycles. The quantitative estimate of drug-likeness (QED) is 0.277. The minimum Gasteiger partial charge on any atom is -0.481 e. The van der Waals surface area contributed by atoms with Gasteiger partial charge >= 0.3 is 11.9 Å². The molecular weight excluding hydrogens is 626 g/mol. The van der Waals surface area contributed by atoms with Crippen LogP contribution in [0, 0.1) is 57.7 Å². The van der Waals surface area contributed by atoms with Crippen LogP contribution < -0.4 is 5.32 Å². The van der Waals surface area contributed by atoms with E-state index >= 15 is 0 Å². The molecule has 50 heavy (non-hydrogen) atoms. The Morgan fingerprint density at radius 2 is 1.56 bits per heavy atom. The molecular formula is C43H61NO6. The van der Waals surface area contributed by atoms with Gasteiger partial charge in [-0.1, -0.05) is 66.2 Å². The first-order valence-corrected chi connectivity index (χ1v) is 19.2. The molecule has 0 heterocycles. The maximum Gasteiger partial charge on any atom is 0.309 e. The Bertz CT molecular complexity index is 1620. The fourth-order valence-electron chi connectivity index (χ4n) is 12.6. The summed E-state index contributed by atoms with van der Waals surface area (Å²) in [4.78, 5) is 52.6. The van der Waals surface area contributed by atoms with Crippen LogP contribution in [0.2, 0.25) is 0 Å². The topological polar surface area (TPSA) is 110 Å². The number of Topliss-reactive ketones (excluding diaryl/α,β-unsaturated/α-hetero) is 1. The molecule has 2 N–H and O–H groups in total. The largest absolute Gasteiger partial charge is 0.481 e. The zero-order chi connectivity index (χ0) is 36.8. The predicted molar refractivity (Wildman–Crippen MR) is 194 cm³/mol. The summed E-state index contributed by atoms with van der Waals surface area (Å²) in [5, 5.41) is 13.1. The van der Waals surface area contributed by atoms with E-state index in [0.717, 1.165) is 62.5 Å². The summed E-state index contributed by atoms with van der Waals surface area (Å²) in [5.41, 5.74) is 1.97. The molecule has 0 unspecified atom stereocenters. The summed E-state index contributed by atoms with van der Waals surface area (Å²) in [5.74, 6) is -0.148. The molecule has 4 fully saturated rings. The van der Waals surface area contributed by atoms with Crippen molar-refractivity contribution >= 4 is 23.6 Å². The summed E-state index contributed by atoms with van der Waals surface area (Å²) in [6.45, 7) is 21.5. The van der Waals surface area contributed by atoms with E-state index in [1.807, 2.05) is 31.2 Å². The predicted octanol–water partition coefficient (Wildman–Crippen LogP) is 8.87. The van der Waals surface area contributed by atoms with Gasteiger partial charge in [0.1, 0.15) is 6.10 Å². The molecule has 6 rings (SSSR count). The SMILES string of the molecule is Cc1ccc(C(=O)N[C@@]23CC[C@]4(C)[C@H](CC[C@@H]5[C@@]6(C)CC[C@H](OC(=O)CC(C)(C)C(=O)O)C(C)(C)[C@@H]6CC[C@]54C)C2=C(C(C)C)C(=O)C3)cc1. The monoisotopic (exact) mass is 687 g/mol. The number of esters is 1. The molecule has 0 bridgehead atoms. The first-order chi connectivity index (χ1) is 23.1. The van der Waals surface area contributed by atoms with Crippen molar-refractivity contribution in [2.24, 2.45) is 50.7 Å². The molecule has 0 radical (unpaired) electrons. The van der Waals surface area contributed by atoms with Gasteiger partial charge in [-0.25, -0.2) is 0 Å². The van der Waals surface area contributed by atoms with Crippen LogP contribution >= 0.6 is 0 Å². The first-order valence-electron chi connectivity index (χ1n) is 19.2. The van der Waals surface area contributed by atoms with Crippen LogP contribution in [0.4, 0.5) is 0 Å². The normalized spacial score (nSPS) is 37.7. The lowest BCUT2D eigenvalue weighted by molar-refractivity contribution is -0.232. The average Bonchev–Trinajstić information content (AvgIpc) is 3.30. The number of amides is 1. The van der Waals surface area contributed by atoms with E-state index in [2.05, 4.69) is 53.8 Å². The summed E-state index contributed by atoms with van der Waals surface area (Å²) in [6.07, 6.45) is 7.64. The number of ether oxygens (including phenoxy) is 1. The summed E-state index contributed by atoms with van der Waals surface area (Å²) >= 11 is 0. The van der Waals surface area contributed by atoms with Crippen LogP contribution in [0.25, 0.3) is 0 Å². The number of nitrogens with one attached hydrogen (secondary N) is 1. The van der Waals surface area contributed by atoms with E-state index < -0.39 is 22.9 Å². The van der Waals surface area contributed by atoms with Crippen molar-refractivity contribution in [1.29, 1.82) is 0 Å². The molecule has 1 aromatic rings. The molecule has 1 amide bonds. The minimum atomic E-state index is -1.17. The zero-order valence-corrected chi connectivity index (χ0v) is 32.3. The molecule has 0 saturated heterocycles. The Balaban J connectivity index is 1.30. The minimum absolute atomic E-state index is 0.0298. The number of fused-ring (bicyclic) bond motifs is 7. The lowest BCUT2D eigenvalue weighted by Crippen LogP contribution is -2.67. The van der Waals surface area contributed by atoms with E-state index in [4.69, 9.17) is 4.74 Å². The van der Waals surface area contributed by atoms with Gasteiger partial charge < -0.3 is 15.2 Å². The smallest absolute Gasteiger partial charge is 0.309 e. The summed E-state index contributed by atoms with van der Waals surface area (Å²) in [6, 6.07) is 7.71. The van der Waals surface area contributed by atoms with Gasteiger partial charge in [0.05, 0.1) is 17.4 Å². The van der Waals surface area contributed by atoms with E-state index in [0.29, 0.717) is 23.8 Å². The lowest BCUT2D eigenvalue weighted by atomic mass is 9.33. The molecule has 0 aliphatic heterocycles. The third-order valence-corrected chi connectivity index (χ3v) is 15.5. The average molecular weight is 688 g/mol. The van der Waals surface area contributed by atoms with Gasteiger partial charge in [-0.3, -0.25) is 19.2 Å². The highest BCUT2D eigenvalue weighted by atomic mass is 16.5. The number of benzene rings is 1. The molecule has 7 heteroatoms. The second kappa shape index (κ2) is 12.0. The molecule has 1 aromatic carbocycles. The number of allylic oxidation sites excluding steroid dienone is 1. The number of carboxylic acids is 1. The molecule has 4 saturated carbocycles. The van der Waals surface area contributed by atoms with Crippen molar-refractivity contribution in [2.75, 3.05) is 0 Å². The number of ketones is 1. The molecule has 7 nitrogen and oxygen atoms in total. The molecule has 0 aromatic heterocycles. The van der Waals surface area contributed by atoms with Crippen molar-refractivity contribution in [3.05, 3.63) is 46.5 Å². The number of carbonyl (C=O) groups is 4. The van der Waals surface area contributed by atoms with Gasteiger partial charge in [-0.2, -0.15) is 0 Å². The molecule has 0 spiro atoms. The third-order valence-electron chi connectivity index (χ3n) is 15.5. The van der Waals surface area contributed by atoms with Gasteiger partial charge in [0, 0.05) is 17.4 Å². The van der Waals surface area contributed by atoms with E-state index in [9.17, 15) is 24.3 Å². The van der Waals surface area contributed by atoms with Crippen LogP contribution in [0.3, 0.4) is 0 Å². The molecule has 5 aliphatic rings. The van der Waals surface area contributed by atoms with Gasteiger partial charge in [0.15, 0.2) is 5.78 Å². The number of carbonyl (C=O) groups excluding carboxylic acids is 3.